The number of ether oxygens (including phenoxy) is 1. The summed E-state index contributed by atoms with van der Waals surface area (Å²) in [5.74, 6) is -1.23. The van der Waals surface area contributed by atoms with E-state index >= 15 is 0 Å². The Morgan fingerprint density at radius 3 is 2.47 bits per heavy atom. The van der Waals surface area contributed by atoms with E-state index in [-0.39, 0.29) is 11.5 Å². The van der Waals surface area contributed by atoms with E-state index in [2.05, 4.69) is 15.9 Å². The van der Waals surface area contributed by atoms with Crippen molar-refractivity contribution in [2.24, 2.45) is 5.41 Å². The zero-order valence-corrected chi connectivity index (χ0v) is 12.3. The van der Waals surface area contributed by atoms with Crippen LogP contribution in [0.2, 0.25) is 0 Å². The van der Waals surface area contributed by atoms with Gasteiger partial charge in [-0.1, -0.05) is 35.2 Å². The number of alkyl halides is 1. The highest BCUT2D eigenvalue weighted by molar-refractivity contribution is 9.09. The first-order valence-corrected chi connectivity index (χ1v) is 7.79. The number of halogens is 3. The molecule has 3 rings (SSSR count). The lowest BCUT2D eigenvalue weighted by atomic mass is 9.58. The van der Waals surface area contributed by atoms with Crippen LogP contribution in [0.4, 0.5) is 8.78 Å². The SMILES string of the molecule is Fc1ccc(OC2CC(Br)C23CCCCC3)cc1F. The van der Waals surface area contributed by atoms with E-state index in [1.54, 1.807) is 0 Å². The van der Waals surface area contributed by atoms with Crippen LogP contribution in [0.3, 0.4) is 0 Å². The Morgan fingerprint density at radius 1 is 1.11 bits per heavy atom. The quantitative estimate of drug-likeness (QED) is 0.706. The van der Waals surface area contributed by atoms with Crippen molar-refractivity contribution in [3.8, 4) is 5.75 Å². The van der Waals surface area contributed by atoms with E-state index < -0.39 is 11.6 Å². The molecular weight excluding hydrogens is 314 g/mol. The van der Waals surface area contributed by atoms with Crippen molar-refractivity contribution < 1.29 is 13.5 Å². The van der Waals surface area contributed by atoms with Crippen LogP contribution >= 0.6 is 15.9 Å². The molecule has 2 aliphatic rings. The van der Waals surface area contributed by atoms with Gasteiger partial charge in [0, 0.05) is 16.3 Å². The summed E-state index contributed by atoms with van der Waals surface area (Å²) in [6.07, 6.45) is 7.16. The molecule has 0 heterocycles. The third-order valence-electron chi connectivity index (χ3n) is 4.64. The molecule has 4 heteroatoms. The highest BCUT2D eigenvalue weighted by Gasteiger charge is 2.55. The molecule has 2 fully saturated rings. The largest absolute Gasteiger partial charge is 0.490 e. The van der Waals surface area contributed by atoms with Crippen LogP contribution in [0, 0.1) is 17.0 Å². The number of hydrogen-bond acceptors (Lipinski definition) is 1. The molecular formula is C15H17BrF2O. The topological polar surface area (TPSA) is 9.23 Å². The first-order valence-electron chi connectivity index (χ1n) is 6.87. The van der Waals surface area contributed by atoms with Crippen molar-refractivity contribution in [3.63, 3.8) is 0 Å². The smallest absolute Gasteiger partial charge is 0.162 e. The molecule has 0 radical (unpaired) electrons. The van der Waals surface area contributed by atoms with Gasteiger partial charge in [-0.15, -0.1) is 0 Å². The molecule has 0 N–H and O–H groups in total. The fourth-order valence-corrected chi connectivity index (χ4v) is 4.52. The minimum absolute atomic E-state index is 0.127. The lowest BCUT2D eigenvalue weighted by molar-refractivity contribution is -0.0602. The van der Waals surface area contributed by atoms with Gasteiger partial charge in [0.05, 0.1) is 0 Å². The zero-order valence-electron chi connectivity index (χ0n) is 10.7. The Labute approximate surface area is 120 Å². The minimum atomic E-state index is -0.843. The van der Waals surface area contributed by atoms with Crippen LogP contribution in [0.25, 0.3) is 0 Å². The standard InChI is InChI=1S/C15H17BrF2O/c16-13-9-14(15(13)6-2-1-3-7-15)19-10-4-5-11(17)12(18)8-10/h4-5,8,13-14H,1-3,6-7,9H2. The van der Waals surface area contributed by atoms with Gasteiger partial charge in [0.2, 0.25) is 0 Å². The summed E-state index contributed by atoms with van der Waals surface area (Å²) >= 11 is 3.74. The summed E-state index contributed by atoms with van der Waals surface area (Å²) in [6.45, 7) is 0. The normalized spacial score (nSPS) is 29.0. The molecule has 0 bridgehead atoms. The minimum Gasteiger partial charge on any atom is -0.490 e. The molecule has 2 atom stereocenters. The summed E-state index contributed by atoms with van der Waals surface area (Å²) in [5, 5.41) is 0. The fraction of sp³-hybridized carbons (Fsp3) is 0.600. The van der Waals surface area contributed by atoms with E-state index in [0.717, 1.165) is 31.4 Å². The van der Waals surface area contributed by atoms with E-state index in [1.807, 2.05) is 0 Å². The maximum absolute atomic E-state index is 13.2. The second kappa shape index (κ2) is 5.04. The summed E-state index contributed by atoms with van der Waals surface area (Å²) in [5.41, 5.74) is 0.198. The maximum atomic E-state index is 13.2. The molecule has 2 aliphatic carbocycles. The molecule has 1 aromatic rings. The monoisotopic (exact) mass is 330 g/mol. The van der Waals surface area contributed by atoms with Crippen molar-refractivity contribution >= 4 is 15.9 Å². The summed E-state index contributed by atoms with van der Waals surface area (Å²) < 4.78 is 32.0. The average molecular weight is 331 g/mol. The second-order valence-electron chi connectivity index (χ2n) is 5.68. The molecule has 1 spiro atoms. The molecule has 2 unspecified atom stereocenters. The summed E-state index contributed by atoms with van der Waals surface area (Å²) in [4.78, 5) is 0.496. The molecule has 2 saturated carbocycles. The van der Waals surface area contributed by atoms with Crippen LogP contribution in [0.1, 0.15) is 38.5 Å². The van der Waals surface area contributed by atoms with E-state index in [1.165, 1.54) is 25.3 Å². The Morgan fingerprint density at radius 2 is 1.84 bits per heavy atom. The molecule has 0 saturated heterocycles. The summed E-state index contributed by atoms with van der Waals surface area (Å²) in [6, 6.07) is 3.78. The van der Waals surface area contributed by atoms with Crippen LogP contribution in [-0.2, 0) is 0 Å². The van der Waals surface area contributed by atoms with Crippen molar-refractivity contribution in [1.82, 2.24) is 0 Å². The Bertz CT molecular complexity index is 471. The van der Waals surface area contributed by atoms with E-state index in [4.69, 9.17) is 4.74 Å². The molecule has 1 aromatic carbocycles. The summed E-state index contributed by atoms with van der Waals surface area (Å²) in [7, 11) is 0. The fourth-order valence-electron chi connectivity index (χ4n) is 3.42. The Hall–Kier alpha value is -0.640. The highest BCUT2D eigenvalue weighted by Crippen LogP contribution is 2.56. The first kappa shape index (κ1) is 13.3. The lowest BCUT2D eigenvalue weighted by Gasteiger charge is -2.55. The maximum Gasteiger partial charge on any atom is 0.162 e. The molecule has 1 nitrogen and oxygen atoms in total. The molecule has 0 aromatic heterocycles. The van der Waals surface area contributed by atoms with Gasteiger partial charge in [0.25, 0.3) is 0 Å². The van der Waals surface area contributed by atoms with Crippen molar-refractivity contribution in [1.29, 1.82) is 0 Å². The first-order chi connectivity index (χ1) is 9.12. The van der Waals surface area contributed by atoms with Crippen molar-refractivity contribution in [3.05, 3.63) is 29.8 Å². The lowest BCUT2D eigenvalue weighted by Crippen LogP contribution is -2.57. The van der Waals surface area contributed by atoms with Gasteiger partial charge in [0.15, 0.2) is 11.6 Å². The molecule has 104 valence electrons. The van der Waals surface area contributed by atoms with Crippen molar-refractivity contribution in [2.75, 3.05) is 0 Å². The number of benzene rings is 1. The Balaban J connectivity index is 1.74. The predicted molar refractivity (Wildman–Crippen MR) is 73.6 cm³/mol. The van der Waals surface area contributed by atoms with Gasteiger partial charge in [0.1, 0.15) is 11.9 Å². The van der Waals surface area contributed by atoms with Crippen LogP contribution in [0.15, 0.2) is 18.2 Å². The van der Waals surface area contributed by atoms with Crippen molar-refractivity contribution in [2.45, 2.75) is 49.5 Å². The van der Waals surface area contributed by atoms with Crippen LogP contribution in [0.5, 0.6) is 5.75 Å². The Kier molecular flexibility index (Phi) is 3.54. The van der Waals surface area contributed by atoms with Gasteiger partial charge >= 0.3 is 0 Å². The highest BCUT2D eigenvalue weighted by atomic mass is 79.9. The predicted octanol–water partition coefficient (Wildman–Crippen LogP) is 4.83. The average Bonchev–Trinajstić information content (AvgIpc) is 2.43. The molecule has 0 aliphatic heterocycles. The van der Waals surface area contributed by atoms with Gasteiger partial charge in [-0.05, 0) is 31.4 Å². The second-order valence-corrected chi connectivity index (χ2v) is 6.78. The van der Waals surface area contributed by atoms with E-state index in [0.29, 0.717) is 10.6 Å². The number of rotatable bonds is 2. The van der Waals surface area contributed by atoms with E-state index in [9.17, 15) is 8.78 Å². The molecule has 19 heavy (non-hydrogen) atoms. The third kappa shape index (κ3) is 2.28. The zero-order chi connectivity index (χ0) is 13.5. The third-order valence-corrected chi connectivity index (χ3v) is 5.93. The van der Waals surface area contributed by atoms with Gasteiger partial charge in [-0.3, -0.25) is 0 Å². The van der Waals surface area contributed by atoms with Crippen LogP contribution in [-0.4, -0.2) is 10.9 Å². The van der Waals surface area contributed by atoms with Gasteiger partial charge in [-0.25, -0.2) is 8.78 Å². The molecule has 0 amide bonds. The van der Waals surface area contributed by atoms with Crippen LogP contribution < -0.4 is 4.74 Å². The van der Waals surface area contributed by atoms with Gasteiger partial charge in [-0.2, -0.15) is 0 Å². The van der Waals surface area contributed by atoms with Gasteiger partial charge < -0.3 is 4.74 Å². The number of hydrogen-bond donors (Lipinski definition) is 0.